The van der Waals surface area contributed by atoms with E-state index in [0.29, 0.717) is 6.10 Å². The van der Waals surface area contributed by atoms with Gasteiger partial charge in [0.2, 0.25) is 0 Å². The van der Waals surface area contributed by atoms with Gasteiger partial charge in [-0.3, -0.25) is 0 Å². The monoisotopic (exact) mass is 143 g/mol. The van der Waals surface area contributed by atoms with Crippen LogP contribution in [0.1, 0.15) is 40.0 Å². The normalized spacial score (nSPS) is 16.8. The second-order valence-electron chi connectivity index (χ2n) is 2.77. The molecule has 0 aromatic heterocycles. The van der Waals surface area contributed by atoms with E-state index in [0.717, 1.165) is 19.3 Å². The molecule has 0 bridgehead atoms. The molecule has 0 saturated heterocycles. The molecule has 0 heterocycles. The lowest BCUT2D eigenvalue weighted by Crippen LogP contribution is -2.15. The molecule has 0 aromatic rings. The number of hydrogen-bond donors (Lipinski definition) is 0. The zero-order chi connectivity index (χ0) is 7.98. The number of hydrogen-bond acceptors (Lipinski definition) is 1. The smallest absolute Gasteiger partial charge is 0.0579 e. The Kier molecular flexibility index (Phi) is 5.70. The molecule has 0 amide bonds. The first kappa shape index (κ1) is 9.96. The van der Waals surface area contributed by atoms with Crippen molar-refractivity contribution >= 4 is 0 Å². The van der Waals surface area contributed by atoms with Gasteiger partial charge in [0.05, 0.1) is 12.2 Å². The highest BCUT2D eigenvalue weighted by Crippen LogP contribution is 2.05. The predicted molar refractivity (Wildman–Crippen MR) is 44.9 cm³/mol. The lowest BCUT2D eigenvalue weighted by molar-refractivity contribution is 0.0165. The van der Waals surface area contributed by atoms with Gasteiger partial charge in [0, 0.05) is 0 Å². The van der Waals surface area contributed by atoms with Crippen molar-refractivity contribution in [2.45, 2.75) is 52.2 Å². The van der Waals surface area contributed by atoms with Crippen molar-refractivity contribution in [1.82, 2.24) is 0 Å². The first-order valence-electron chi connectivity index (χ1n) is 4.19. The molecule has 0 aliphatic carbocycles. The number of ether oxygens (including phenoxy) is 1. The summed E-state index contributed by atoms with van der Waals surface area (Å²) in [6.45, 7) is 10.3. The molecule has 0 N–H and O–H groups in total. The maximum atomic E-state index is 5.53. The van der Waals surface area contributed by atoms with Crippen molar-refractivity contribution in [3.05, 3.63) is 6.92 Å². The largest absolute Gasteiger partial charge is 0.375 e. The molecule has 0 fully saturated rings. The highest BCUT2D eigenvalue weighted by molar-refractivity contribution is 4.60. The molecule has 0 aromatic carbocycles. The van der Waals surface area contributed by atoms with E-state index in [9.17, 15) is 0 Å². The minimum atomic E-state index is 0.194. The third-order valence-electron chi connectivity index (χ3n) is 1.61. The van der Waals surface area contributed by atoms with Crippen molar-refractivity contribution in [1.29, 1.82) is 0 Å². The van der Waals surface area contributed by atoms with Gasteiger partial charge < -0.3 is 4.74 Å². The molecule has 10 heavy (non-hydrogen) atoms. The van der Waals surface area contributed by atoms with Crippen LogP contribution in [0, 0.1) is 6.92 Å². The highest BCUT2D eigenvalue weighted by Gasteiger charge is 2.04. The average Bonchev–Trinajstić information content (AvgIpc) is 1.88. The topological polar surface area (TPSA) is 9.23 Å². The Hall–Kier alpha value is -0.0400. The zero-order valence-electron chi connectivity index (χ0n) is 7.39. The van der Waals surface area contributed by atoms with Crippen molar-refractivity contribution in [2.24, 2.45) is 0 Å². The molecule has 2 atom stereocenters. The molecule has 1 nitrogen and oxygen atoms in total. The molecule has 61 valence electrons. The molecule has 2 unspecified atom stereocenters. The molecular weight excluding hydrogens is 124 g/mol. The predicted octanol–water partition coefficient (Wildman–Crippen LogP) is 2.80. The Balaban J connectivity index is 3.27. The van der Waals surface area contributed by atoms with Gasteiger partial charge in [0.15, 0.2) is 0 Å². The summed E-state index contributed by atoms with van der Waals surface area (Å²) in [7, 11) is 0. The first-order chi connectivity index (χ1) is 4.70. The van der Waals surface area contributed by atoms with Crippen molar-refractivity contribution in [2.75, 3.05) is 0 Å². The summed E-state index contributed by atoms with van der Waals surface area (Å²) in [5.41, 5.74) is 0. The summed E-state index contributed by atoms with van der Waals surface area (Å²) in [6.07, 6.45) is 3.87. The first-order valence-corrected chi connectivity index (χ1v) is 4.19. The summed E-state index contributed by atoms with van der Waals surface area (Å²) in [5, 5.41) is 0. The van der Waals surface area contributed by atoms with E-state index in [4.69, 9.17) is 4.74 Å². The van der Waals surface area contributed by atoms with Crippen LogP contribution in [-0.4, -0.2) is 12.2 Å². The minimum absolute atomic E-state index is 0.194. The molecule has 0 aliphatic heterocycles. The minimum Gasteiger partial charge on any atom is -0.375 e. The van der Waals surface area contributed by atoms with Crippen LogP contribution in [0.15, 0.2) is 0 Å². The third kappa shape index (κ3) is 4.80. The fraction of sp³-hybridized carbons (Fsp3) is 0.889. The van der Waals surface area contributed by atoms with Crippen LogP contribution in [-0.2, 0) is 4.74 Å². The molecule has 0 aliphatic rings. The molecular formula is C9H19O. The number of rotatable bonds is 5. The van der Waals surface area contributed by atoms with Gasteiger partial charge in [-0.2, -0.15) is 0 Å². The standard InChI is InChI=1S/C9H19O/c1-5-7-9(4)10-8(3)6-2/h8-9H,4-7H2,1-3H3. The molecule has 1 heteroatoms. The quantitative estimate of drug-likeness (QED) is 0.575. The third-order valence-corrected chi connectivity index (χ3v) is 1.61. The summed E-state index contributed by atoms with van der Waals surface area (Å²) in [6, 6.07) is 0. The van der Waals surface area contributed by atoms with Gasteiger partial charge in [0.1, 0.15) is 0 Å². The zero-order valence-corrected chi connectivity index (χ0v) is 7.39. The van der Waals surface area contributed by atoms with Crippen LogP contribution < -0.4 is 0 Å². The van der Waals surface area contributed by atoms with Gasteiger partial charge >= 0.3 is 0 Å². The van der Waals surface area contributed by atoms with Crippen LogP contribution in [0.25, 0.3) is 0 Å². The van der Waals surface area contributed by atoms with E-state index in [1.807, 2.05) is 0 Å². The maximum absolute atomic E-state index is 5.53. The van der Waals surface area contributed by atoms with E-state index in [-0.39, 0.29) is 6.10 Å². The van der Waals surface area contributed by atoms with Gasteiger partial charge in [-0.1, -0.05) is 20.3 Å². The molecule has 1 radical (unpaired) electrons. The van der Waals surface area contributed by atoms with E-state index >= 15 is 0 Å². The van der Waals surface area contributed by atoms with Crippen LogP contribution in [0.4, 0.5) is 0 Å². The van der Waals surface area contributed by atoms with E-state index in [1.165, 1.54) is 0 Å². The highest BCUT2D eigenvalue weighted by atomic mass is 16.5. The van der Waals surface area contributed by atoms with E-state index < -0.39 is 0 Å². The van der Waals surface area contributed by atoms with Crippen molar-refractivity contribution < 1.29 is 4.74 Å². The SMILES string of the molecule is [CH2]C(CCC)OC(C)CC. The van der Waals surface area contributed by atoms with Crippen LogP contribution >= 0.6 is 0 Å². The average molecular weight is 143 g/mol. The Morgan fingerprint density at radius 2 is 2.00 bits per heavy atom. The molecule has 0 rings (SSSR count). The van der Waals surface area contributed by atoms with Gasteiger partial charge in [-0.15, -0.1) is 0 Å². The summed E-state index contributed by atoms with van der Waals surface area (Å²) in [4.78, 5) is 0. The maximum Gasteiger partial charge on any atom is 0.0579 e. The molecule has 0 saturated carbocycles. The van der Waals surface area contributed by atoms with Crippen molar-refractivity contribution in [3.63, 3.8) is 0 Å². The Morgan fingerprint density at radius 1 is 1.40 bits per heavy atom. The van der Waals surface area contributed by atoms with Crippen LogP contribution in [0.5, 0.6) is 0 Å². The Morgan fingerprint density at radius 3 is 2.40 bits per heavy atom. The van der Waals surface area contributed by atoms with Crippen LogP contribution in [0.2, 0.25) is 0 Å². The lowest BCUT2D eigenvalue weighted by Gasteiger charge is -2.16. The van der Waals surface area contributed by atoms with Crippen LogP contribution in [0.3, 0.4) is 0 Å². The second-order valence-corrected chi connectivity index (χ2v) is 2.77. The Bertz CT molecular complexity index is 71.1. The van der Waals surface area contributed by atoms with Gasteiger partial charge in [0.25, 0.3) is 0 Å². The van der Waals surface area contributed by atoms with Gasteiger partial charge in [-0.05, 0) is 26.7 Å². The van der Waals surface area contributed by atoms with Gasteiger partial charge in [-0.25, -0.2) is 0 Å². The summed E-state index contributed by atoms with van der Waals surface area (Å²) < 4.78 is 5.53. The Labute approximate surface area is 64.8 Å². The fourth-order valence-corrected chi connectivity index (χ4v) is 0.815. The summed E-state index contributed by atoms with van der Waals surface area (Å²) in [5.74, 6) is 0. The lowest BCUT2D eigenvalue weighted by atomic mass is 10.2. The summed E-state index contributed by atoms with van der Waals surface area (Å²) >= 11 is 0. The van der Waals surface area contributed by atoms with Crippen molar-refractivity contribution in [3.8, 4) is 0 Å². The van der Waals surface area contributed by atoms with E-state index in [1.54, 1.807) is 0 Å². The fourth-order valence-electron chi connectivity index (χ4n) is 0.815. The molecule has 0 spiro atoms. The van der Waals surface area contributed by atoms with E-state index in [2.05, 4.69) is 27.7 Å². The second kappa shape index (κ2) is 5.72.